The van der Waals surface area contributed by atoms with Crippen molar-refractivity contribution in [1.82, 2.24) is 19.5 Å². The summed E-state index contributed by atoms with van der Waals surface area (Å²) in [5.41, 5.74) is 9.82. The van der Waals surface area contributed by atoms with Crippen LogP contribution in [-0.2, 0) is 13.0 Å². The van der Waals surface area contributed by atoms with Gasteiger partial charge in [-0.3, -0.25) is 0 Å². The van der Waals surface area contributed by atoms with Crippen LogP contribution in [0.25, 0.3) is 11.3 Å². The molecule has 0 aliphatic rings. The van der Waals surface area contributed by atoms with Crippen molar-refractivity contribution < 1.29 is 4.52 Å². The zero-order valence-corrected chi connectivity index (χ0v) is 14.6. The number of hydrogen-bond acceptors (Lipinski definition) is 8. The first-order valence-electron chi connectivity index (χ1n) is 8.03. The van der Waals surface area contributed by atoms with E-state index < -0.39 is 0 Å². The highest BCUT2D eigenvalue weighted by atomic mass is 32.1. The third-order valence-electron chi connectivity index (χ3n) is 3.88. The van der Waals surface area contributed by atoms with Crippen LogP contribution in [0.1, 0.15) is 16.8 Å². The predicted molar refractivity (Wildman–Crippen MR) is 101 cm³/mol. The molecular weight excluding hydrogens is 348 g/mol. The van der Waals surface area contributed by atoms with Crippen LogP contribution < -0.4 is 11.1 Å². The van der Waals surface area contributed by atoms with Gasteiger partial charge >= 0.3 is 0 Å². The van der Waals surface area contributed by atoms with Gasteiger partial charge in [0.2, 0.25) is 5.13 Å². The maximum absolute atomic E-state index is 5.88. The van der Waals surface area contributed by atoms with Crippen LogP contribution in [0, 0.1) is 0 Å². The smallest absolute Gasteiger partial charge is 0.202 e. The molecular formula is C18H16N6OS. The molecule has 26 heavy (non-hydrogen) atoms. The molecule has 0 saturated heterocycles. The van der Waals surface area contributed by atoms with Gasteiger partial charge in [-0.15, -0.1) is 0 Å². The monoisotopic (exact) mass is 364 g/mol. The molecule has 0 radical (unpaired) electrons. The Morgan fingerprint density at radius 3 is 2.69 bits per heavy atom. The molecule has 130 valence electrons. The van der Waals surface area contributed by atoms with Crippen molar-refractivity contribution >= 4 is 22.5 Å². The van der Waals surface area contributed by atoms with Gasteiger partial charge in [0.1, 0.15) is 12.1 Å². The summed E-state index contributed by atoms with van der Waals surface area (Å²) in [4.78, 5) is 8.17. The van der Waals surface area contributed by atoms with E-state index in [0.717, 1.165) is 22.0 Å². The predicted octanol–water partition coefficient (Wildman–Crippen LogP) is 3.37. The van der Waals surface area contributed by atoms with Crippen LogP contribution in [0.4, 0.5) is 10.9 Å². The van der Waals surface area contributed by atoms with Gasteiger partial charge in [-0.1, -0.05) is 29.4 Å². The molecule has 0 bridgehead atoms. The number of hydrogen-bond donors (Lipinski definition) is 2. The van der Waals surface area contributed by atoms with Gasteiger partial charge in [-0.2, -0.15) is 4.37 Å². The van der Waals surface area contributed by atoms with E-state index >= 15 is 0 Å². The van der Waals surface area contributed by atoms with Crippen molar-refractivity contribution in [1.29, 1.82) is 0 Å². The molecule has 0 amide bonds. The lowest BCUT2D eigenvalue weighted by atomic mass is 10.1. The van der Waals surface area contributed by atoms with E-state index in [0.29, 0.717) is 24.5 Å². The highest BCUT2D eigenvalue weighted by Gasteiger charge is 2.10. The largest absolute Gasteiger partial charge is 0.383 e. The SMILES string of the molecule is Nc1ncccc1-c1cc(Cc2ccc(CNc3ncns3)cc2)no1. The van der Waals surface area contributed by atoms with Crippen LogP contribution in [-0.4, -0.2) is 19.5 Å². The van der Waals surface area contributed by atoms with Crippen molar-refractivity contribution in [2.24, 2.45) is 0 Å². The van der Waals surface area contributed by atoms with E-state index in [1.165, 1.54) is 17.1 Å². The Labute approximate surface area is 154 Å². The summed E-state index contributed by atoms with van der Waals surface area (Å²) in [7, 11) is 0. The number of benzene rings is 1. The molecule has 3 heterocycles. The highest BCUT2D eigenvalue weighted by molar-refractivity contribution is 7.09. The van der Waals surface area contributed by atoms with Gasteiger partial charge in [-0.25, -0.2) is 9.97 Å². The molecule has 0 fully saturated rings. The van der Waals surface area contributed by atoms with E-state index in [4.69, 9.17) is 10.3 Å². The standard InChI is InChI=1S/C18H16N6OS/c19-17-15(2-1-7-20-17)16-9-14(24-25-16)8-12-3-5-13(6-4-12)10-21-18-22-11-23-26-18/h1-7,9,11H,8,10H2,(H2,19,20)(H,21,22,23). The number of anilines is 2. The number of aromatic nitrogens is 4. The summed E-state index contributed by atoms with van der Waals surface area (Å²) in [5, 5.41) is 8.19. The van der Waals surface area contributed by atoms with Crippen molar-refractivity contribution in [2.45, 2.75) is 13.0 Å². The molecule has 0 aliphatic heterocycles. The first-order chi connectivity index (χ1) is 12.8. The second-order valence-corrected chi connectivity index (χ2v) is 6.49. The molecule has 0 spiro atoms. The van der Waals surface area contributed by atoms with Gasteiger partial charge in [0.05, 0.1) is 11.3 Å². The summed E-state index contributed by atoms with van der Waals surface area (Å²) in [6.45, 7) is 0.712. The zero-order valence-electron chi connectivity index (χ0n) is 13.8. The minimum absolute atomic E-state index is 0.433. The Bertz CT molecular complexity index is 981. The number of rotatable bonds is 6. The summed E-state index contributed by atoms with van der Waals surface area (Å²) >= 11 is 1.34. The maximum Gasteiger partial charge on any atom is 0.202 e. The van der Waals surface area contributed by atoms with Crippen LogP contribution in [0.15, 0.2) is 59.5 Å². The Balaban J connectivity index is 1.41. The molecule has 4 rings (SSSR count). The van der Waals surface area contributed by atoms with E-state index in [9.17, 15) is 0 Å². The third-order valence-corrected chi connectivity index (χ3v) is 4.50. The summed E-state index contributed by atoms with van der Waals surface area (Å²) in [5.74, 6) is 1.06. The van der Waals surface area contributed by atoms with Crippen molar-refractivity contribution in [3.8, 4) is 11.3 Å². The quantitative estimate of drug-likeness (QED) is 0.540. The van der Waals surface area contributed by atoms with Crippen LogP contribution in [0.3, 0.4) is 0 Å². The molecule has 3 aromatic heterocycles. The number of nitrogens with zero attached hydrogens (tertiary/aromatic N) is 4. The van der Waals surface area contributed by atoms with Gasteiger partial charge in [0.25, 0.3) is 0 Å². The lowest BCUT2D eigenvalue weighted by Gasteiger charge is -2.04. The fourth-order valence-electron chi connectivity index (χ4n) is 2.56. The van der Waals surface area contributed by atoms with Crippen LogP contribution >= 0.6 is 11.5 Å². The third kappa shape index (κ3) is 3.70. The minimum atomic E-state index is 0.433. The molecule has 1 aromatic carbocycles. The minimum Gasteiger partial charge on any atom is -0.383 e. The molecule has 0 saturated carbocycles. The molecule has 0 aliphatic carbocycles. The molecule has 3 N–H and O–H groups in total. The van der Waals surface area contributed by atoms with E-state index in [-0.39, 0.29) is 0 Å². The van der Waals surface area contributed by atoms with Gasteiger partial charge in [0, 0.05) is 36.8 Å². The number of nitrogens with one attached hydrogen (secondary N) is 1. The Morgan fingerprint density at radius 1 is 1.08 bits per heavy atom. The second kappa shape index (κ2) is 7.32. The van der Waals surface area contributed by atoms with Gasteiger partial charge < -0.3 is 15.6 Å². The summed E-state index contributed by atoms with van der Waals surface area (Å²) in [6.07, 6.45) is 3.88. The molecule has 0 unspecified atom stereocenters. The van der Waals surface area contributed by atoms with Crippen molar-refractivity contribution in [3.63, 3.8) is 0 Å². The van der Waals surface area contributed by atoms with Crippen LogP contribution in [0.2, 0.25) is 0 Å². The average molecular weight is 364 g/mol. The van der Waals surface area contributed by atoms with Gasteiger partial charge in [0.15, 0.2) is 5.76 Å². The molecule has 4 aromatic rings. The first kappa shape index (κ1) is 16.2. The summed E-state index contributed by atoms with van der Waals surface area (Å²) in [6, 6.07) is 13.9. The topological polar surface area (TPSA) is 103 Å². The maximum atomic E-state index is 5.88. The Kier molecular flexibility index (Phi) is 4.57. The van der Waals surface area contributed by atoms with E-state index in [2.05, 4.69) is 49.1 Å². The fourth-order valence-corrected chi connectivity index (χ4v) is 2.99. The first-order valence-corrected chi connectivity index (χ1v) is 8.80. The molecule has 7 nitrogen and oxygen atoms in total. The van der Waals surface area contributed by atoms with E-state index in [1.807, 2.05) is 18.2 Å². The lowest BCUT2D eigenvalue weighted by Crippen LogP contribution is -1.99. The second-order valence-electron chi connectivity index (χ2n) is 5.71. The van der Waals surface area contributed by atoms with Crippen molar-refractivity contribution in [2.75, 3.05) is 11.1 Å². The van der Waals surface area contributed by atoms with Gasteiger partial charge in [-0.05, 0) is 23.3 Å². The fraction of sp³-hybridized carbons (Fsp3) is 0.111. The van der Waals surface area contributed by atoms with Crippen molar-refractivity contribution in [3.05, 3.63) is 71.8 Å². The zero-order chi connectivity index (χ0) is 17.8. The Hall–Kier alpha value is -3.26. The van der Waals surface area contributed by atoms with Crippen LogP contribution in [0.5, 0.6) is 0 Å². The normalized spacial score (nSPS) is 10.8. The Morgan fingerprint density at radius 2 is 1.92 bits per heavy atom. The molecule has 8 heteroatoms. The number of pyridine rings is 1. The highest BCUT2D eigenvalue weighted by Crippen LogP contribution is 2.25. The lowest BCUT2D eigenvalue weighted by molar-refractivity contribution is 0.425. The molecule has 0 atom stereocenters. The average Bonchev–Trinajstić information content (AvgIpc) is 3.34. The number of nitrogen functional groups attached to an aromatic ring is 1. The number of nitrogens with two attached hydrogens (primary N) is 1. The summed E-state index contributed by atoms with van der Waals surface area (Å²) < 4.78 is 9.38. The van der Waals surface area contributed by atoms with E-state index in [1.54, 1.807) is 12.5 Å².